The molecule has 0 bridgehead atoms. The molecule has 54 heavy (non-hydrogen) atoms. The van der Waals surface area contributed by atoms with Crippen molar-refractivity contribution in [2.45, 2.75) is 25.7 Å². The summed E-state index contributed by atoms with van der Waals surface area (Å²) in [4.78, 5) is 83.2. The predicted molar refractivity (Wildman–Crippen MR) is 192 cm³/mol. The molecule has 3 aromatic rings. The standard InChI is InChI=1S/C36H30Cl2FN5O10/c1-36-21(33(47)42(35(36)49)16-5-8-24(39)22(37)11-16)14-20-18(29(36)15-9-23(38)31(45)27(10-15)54-4)6-7-19-28(20)34(48)41(32(19)46)17-12-25(43(50)51)30(40(2)3)26(13-17)44(52)53/h5-6,8-13,19-21,28-29,45H,7,14H2,1-4H3. The highest BCUT2D eigenvalue weighted by molar-refractivity contribution is 6.32. The summed E-state index contributed by atoms with van der Waals surface area (Å²) in [5.74, 6) is -9.11. The fourth-order valence-electron chi connectivity index (χ4n) is 8.89. The van der Waals surface area contributed by atoms with Crippen molar-refractivity contribution < 1.29 is 43.3 Å². The van der Waals surface area contributed by atoms with Gasteiger partial charge in [-0.25, -0.2) is 14.2 Å². The Labute approximate surface area is 315 Å². The van der Waals surface area contributed by atoms with Crippen LogP contribution in [0.4, 0.5) is 32.8 Å². The van der Waals surface area contributed by atoms with Gasteiger partial charge >= 0.3 is 11.4 Å². The quantitative estimate of drug-likeness (QED) is 0.125. The molecule has 0 radical (unpaired) electrons. The largest absolute Gasteiger partial charge is 0.503 e. The van der Waals surface area contributed by atoms with E-state index in [-0.39, 0.29) is 51.4 Å². The van der Waals surface area contributed by atoms with Crippen LogP contribution in [0.25, 0.3) is 0 Å². The molecule has 2 aliphatic heterocycles. The van der Waals surface area contributed by atoms with Crippen LogP contribution in [-0.4, -0.2) is 59.8 Å². The highest BCUT2D eigenvalue weighted by Crippen LogP contribution is 2.64. The first-order chi connectivity index (χ1) is 25.4. The van der Waals surface area contributed by atoms with Gasteiger partial charge in [-0.05, 0) is 61.6 Å². The van der Waals surface area contributed by atoms with Crippen molar-refractivity contribution in [2.75, 3.05) is 35.9 Å². The number of benzene rings is 3. The average molecular weight is 783 g/mol. The van der Waals surface area contributed by atoms with E-state index in [1.54, 1.807) is 13.0 Å². The second-order valence-electron chi connectivity index (χ2n) is 14.1. The minimum Gasteiger partial charge on any atom is -0.503 e. The summed E-state index contributed by atoms with van der Waals surface area (Å²) in [6.07, 6.45) is 1.62. The van der Waals surface area contributed by atoms with Crippen molar-refractivity contribution in [3.05, 3.63) is 95.8 Å². The number of rotatable bonds is 7. The van der Waals surface area contributed by atoms with Crippen molar-refractivity contribution in [3.8, 4) is 11.5 Å². The van der Waals surface area contributed by atoms with Gasteiger partial charge in [0.1, 0.15) is 5.82 Å². The molecule has 7 rings (SSSR count). The second kappa shape index (κ2) is 12.8. The second-order valence-corrected chi connectivity index (χ2v) is 14.9. The number of allylic oxidation sites excluding steroid dienone is 2. The molecule has 280 valence electrons. The third-order valence-electron chi connectivity index (χ3n) is 11.2. The van der Waals surface area contributed by atoms with Crippen molar-refractivity contribution in [3.63, 3.8) is 0 Å². The van der Waals surface area contributed by atoms with Crippen molar-refractivity contribution in [1.29, 1.82) is 0 Å². The van der Waals surface area contributed by atoms with Crippen molar-refractivity contribution in [1.82, 2.24) is 0 Å². The Balaban J connectivity index is 1.39. The van der Waals surface area contributed by atoms with E-state index in [1.165, 1.54) is 44.3 Å². The van der Waals surface area contributed by atoms with Crippen LogP contribution in [0.1, 0.15) is 31.2 Å². The van der Waals surface area contributed by atoms with Gasteiger partial charge in [0.25, 0.3) is 0 Å². The summed E-state index contributed by atoms with van der Waals surface area (Å²) in [5.41, 5.74) is -2.72. The monoisotopic (exact) mass is 781 g/mol. The fraction of sp³-hybridized carbons (Fsp3) is 0.333. The molecule has 2 aliphatic carbocycles. The number of hydrogen-bond donors (Lipinski definition) is 1. The molecule has 6 atom stereocenters. The third kappa shape index (κ3) is 5.14. The number of carbonyl (C=O) groups is 4. The number of amides is 4. The predicted octanol–water partition coefficient (Wildman–Crippen LogP) is 6.16. The number of aromatic hydroxyl groups is 1. The van der Waals surface area contributed by atoms with Crippen LogP contribution in [0.5, 0.6) is 11.5 Å². The topological polar surface area (TPSA) is 194 Å². The van der Waals surface area contributed by atoms with E-state index in [2.05, 4.69) is 0 Å². The molecular formula is C36H30Cl2FN5O10. The summed E-state index contributed by atoms with van der Waals surface area (Å²) >= 11 is 12.5. The van der Waals surface area contributed by atoms with Crippen LogP contribution in [0.3, 0.4) is 0 Å². The lowest BCUT2D eigenvalue weighted by Gasteiger charge is -2.49. The summed E-state index contributed by atoms with van der Waals surface area (Å²) < 4.78 is 19.6. The molecule has 1 N–H and O–H groups in total. The number of halogens is 3. The zero-order valence-electron chi connectivity index (χ0n) is 28.9. The minimum atomic E-state index is -1.55. The molecule has 2 saturated heterocycles. The SMILES string of the molecule is COc1cc(C2C3=CCC4C(=O)N(c5cc([N+](=O)[O-])c(N(C)C)c([N+](=O)[O-])c5)C(=O)C4C3CC3C(=O)N(c4ccc(F)c(Cl)c4)C(=O)C32C)cc(Cl)c1O. The zero-order chi connectivity index (χ0) is 39.3. The van der Waals surface area contributed by atoms with E-state index in [4.69, 9.17) is 27.9 Å². The van der Waals surface area contributed by atoms with E-state index in [0.29, 0.717) is 11.1 Å². The normalized spacial score (nSPS) is 26.0. The lowest BCUT2D eigenvalue weighted by atomic mass is 9.51. The first-order valence-corrected chi connectivity index (χ1v) is 17.3. The Morgan fingerprint density at radius 1 is 0.907 bits per heavy atom. The Kier molecular flexibility index (Phi) is 8.68. The molecular weight excluding hydrogens is 752 g/mol. The smallest absolute Gasteiger partial charge is 0.301 e. The summed E-state index contributed by atoms with van der Waals surface area (Å²) in [6, 6.07) is 8.20. The van der Waals surface area contributed by atoms with Gasteiger partial charge in [0.05, 0.1) is 61.5 Å². The minimum absolute atomic E-state index is 0.0167. The molecule has 1 saturated carbocycles. The third-order valence-corrected chi connectivity index (χ3v) is 11.8. The number of nitro groups is 2. The van der Waals surface area contributed by atoms with Crippen LogP contribution in [-0.2, 0) is 19.2 Å². The molecule has 0 aromatic heterocycles. The number of fused-ring (bicyclic) bond motifs is 4. The molecule has 3 fully saturated rings. The molecule has 2 heterocycles. The van der Waals surface area contributed by atoms with Crippen LogP contribution in [0, 0.1) is 55.1 Å². The van der Waals surface area contributed by atoms with Gasteiger partial charge in [-0.2, -0.15) is 0 Å². The van der Waals surface area contributed by atoms with Crippen LogP contribution < -0.4 is 19.4 Å². The fourth-order valence-corrected chi connectivity index (χ4v) is 9.29. The molecule has 0 spiro atoms. The first-order valence-electron chi connectivity index (χ1n) is 16.6. The first kappa shape index (κ1) is 36.7. The summed E-state index contributed by atoms with van der Waals surface area (Å²) in [5, 5.41) is 34.4. The van der Waals surface area contributed by atoms with Crippen LogP contribution in [0.15, 0.2) is 54.1 Å². The number of anilines is 3. The van der Waals surface area contributed by atoms with E-state index in [0.717, 1.165) is 34.1 Å². The number of ether oxygens (including phenoxy) is 1. The van der Waals surface area contributed by atoms with Gasteiger partial charge in [-0.1, -0.05) is 34.9 Å². The number of carbonyl (C=O) groups excluding carboxylic acids is 4. The number of imide groups is 2. The Hall–Kier alpha value is -5.61. The van der Waals surface area contributed by atoms with E-state index < -0.39 is 85.7 Å². The van der Waals surface area contributed by atoms with Crippen molar-refractivity contribution in [2.24, 2.45) is 29.1 Å². The van der Waals surface area contributed by atoms with Gasteiger partial charge < -0.3 is 14.7 Å². The lowest BCUT2D eigenvalue weighted by Crippen LogP contribution is -2.48. The number of phenolic OH excluding ortho intramolecular Hbond substituents is 1. The highest BCUT2D eigenvalue weighted by atomic mass is 35.5. The Morgan fingerprint density at radius 2 is 1.56 bits per heavy atom. The van der Waals surface area contributed by atoms with Gasteiger partial charge in [-0.3, -0.25) is 39.4 Å². The molecule has 6 unspecified atom stereocenters. The van der Waals surface area contributed by atoms with Gasteiger partial charge in [0.15, 0.2) is 17.2 Å². The maximum atomic E-state index is 14.6. The van der Waals surface area contributed by atoms with Crippen LogP contribution >= 0.6 is 23.2 Å². The maximum absolute atomic E-state index is 14.6. The molecule has 4 amide bonds. The maximum Gasteiger partial charge on any atom is 0.301 e. The summed E-state index contributed by atoms with van der Waals surface area (Å²) in [7, 11) is 4.07. The Morgan fingerprint density at radius 3 is 2.13 bits per heavy atom. The van der Waals surface area contributed by atoms with Gasteiger partial charge in [-0.15, -0.1) is 0 Å². The van der Waals surface area contributed by atoms with Crippen molar-refractivity contribution >= 4 is 75.3 Å². The molecule has 15 nitrogen and oxygen atoms in total. The number of nitro benzene ring substituents is 2. The summed E-state index contributed by atoms with van der Waals surface area (Å²) in [6.45, 7) is 1.60. The number of phenols is 1. The highest BCUT2D eigenvalue weighted by Gasteiger charge is 2.68. The number of nitrogens with zero attached hydrogens (tertiary/aromatic N) is 5. The van der Waals surface area contributed by atoms with Gasteiger partial charge in [0, 0.05) is 32.1 Å². The molecule has 3 aromatic carbocycles. The average Bonchev–Trinajstić information content (AvgIpc) is 3.49. The number of hydrogen-bond acceptors (Lipinski definition) is 11. The lowest BCUT2D eigenvalue weighted by molar-refractivity contribution is -0.392. The van der Waals surface area contributed by atoms with E-state index >= 15 is 0 Å². The van der Waals surface area contributed by atoms with Crippen LogP contribution in [0.2, 0.25) is 10.0 Å². The zero-order valence-corrected chi connectivity index (χ0v) is 30.4. The van der Waals surface area contributed by atoms with E-state index in [9.17, 15) is 48.9 Å². The molecule has 4 aliphatic rings. The van der Waals surface area contributed by atoms with E-state index in [1.807, 2.05) is 0 Å². The Bertz CT molecular complexity index is 2250. The van der Waals surface area contributed by atoms with Gasteiger partial charge in [0.2, 0.25) is 23.6 Å². The molecule has 18 heteroatoms. The number of methoxy groups -OCH3 is 1.